The third-order valence-electron chi connectivity index (χ3n) is 3.60. The summed E-state index contributed by atoms with van der Waals surface area (Å²) in [5, 5.41) is 4.18. The molecule has 0 N–H and O–H groups in total. The van der Waals surface area contributed by atoms with Crippen molar-refractivity contribution in [3.8, 4) is 0 Å². The van der Waals surface area contributed by atoms with E-state index in [0.29, 0.717) is 18.2 Å². The van der Waals surface area contributed by atoms with Crippen LogP contribution in [-0.4, -0.2) is 39.8 Å². The minimum absolute atomic E-state index is 0.271. The highest BCUT2D eigenvalue weighted by molar-refractivity contribution is 5.90. The minimum Gasteiger partial charge on any atom is -0.462 e. The van der Waals surface area contributed by atoms with E-state index in [1.54, 1.807) is 10.9 Å². The fraction of sp³-hybridized carbons (Fsp3) is 0.692. The maximum atomic E-state index is 11.8. The molecule has 0 spiro atoms. The van der Waals surface area contributed by atoms with Gasteiger partial charge < -0.3 is 4.74 Å². The summed E-state index contributed by atoms with van der Waals surface area (Å²) in [4.78, 5) is 14.2. The van der Waals surface area contributed by atoms with Crippen molar-refractivity contribution in [3.63, 3.8) is 0 Å². The Hall–Kier alpha value is -1.36. The van der Waals surface area contributed by atoms with Crippen molar-refractivity contribution in [1.82, 2.24) is 14.7 Å². The number of aromatic nitrogens is 2. The summed E-state index contributed by atoms with van der Waals surface area (Å²) in [6, 6.07) is 0.579. The summed E-state index contributed by atoms with van der Waals surface area (Å²) in [6.07, 6.45) is 4.06. The first-order chi connectivity index (χ1) is 8.63. The van der Waals surface area contributed by atoms with E-state index in [1.165, 1.54) is 12.8 Å². The van der Waals surface area contributed by atoms with E-state index >= 15 is 0 Å². The fourth-order valence-corrected chi connectivity index (χ4v) is 2.45. The highest BCUT2D eigenvalue weighted by Gasteiger charge is 2.24. The summed E-state index contributed by atoms with van der Waals surface area (Å²) >= 11 is 0. The van der Waals surface area contributed by atoms with E-state index in [1.807, 2.05) is 14.0 Å². The quantitative estimate of drug-likeness (QED) is 0.762. The highest BCUT2D eigenvalue weighted by Crippen LogP contribution is 2.21. The number of carbonyl (C=O) groups is 1. The Bertz CT molecular complexity index is 428. The van der Waals surface area contributed by atoms with Crippen LogP contribution in [0.3, 0.4) is 0 Å². The van der Waals surface area contributed by atoms with Crippen molar-refractivity contribution in [3.05, 3.63) is 17.5 Å². The predicted octanol–water partition coefficient (Wildman–Crippen LogP) is 1.58. The van der Waals surface area contributed by atoms with Gasteiger partial charge in [-0.3, -0.25) is 9.58 Å². The normalized spacial score (nSPS) is 20.3. The lowest BCUT2D eigenvalue weighted by Gasteiger charge is -2.21. The van der Waals surface area contributed by atoms with Crippen LogP contribution in [0.5, 0.6) is 0 Å². The summed E-state index contributed by atoms with van der Waals surface area (Å²) in [5.74, 6) is -0.271. The molecule has 2 rings (SSSR count). The van der Waals surface area contributed by atoms with E-state index in [0.717, 1.165) is 18.8 Å². The van der Waals surface area contributed by atoms with Crippen LogP contribution in [0.2, 0.25) is 0 Å². The van der Waals surface area contributed by atoms with Gasteiger partial charge >= 0.3 is 5.97 Å². The van der Waals surface area contributed by atoms with Crippen LogP contribution in [0.15, 0.2) is 6.20 Å². The highest BCUT2D eigenvalue weighted by atomic mass is 16.5. The molecule has 0 aromatic carbocycles. The number of rotatable bonds is 4. The monoisotopic (exact) mass is 251 g/mol. The molecule has 1 unspecified atom stereocenters. The number of nitrogens with zero attached hydrogens (tertiary/aromatic N) is 3. The second-order valence-corrected chi connectivity index (χ2v) is 4.81. The average Bonchev–Trinajstić information content (AvgIpc) is 2.89. The second-order valence-electron chi connectivity index (χ2n) is 4.81. The van der Waals surface area contributed by atoms with Crippen LogP contribution < -0.4 is 0 Å². The van der Waals surface area contributed by atoms with Gasteiger partial charge in [-0.15, -0.1) is 0 Å². The van der Waals surface area contributed by atoms with E-state index in [-0.39, 0.29) is 5.97 Å². The third kappa shape index (κ3) is 2.56. The smallest absolute Gasteiger partial charge is 0.341 e. The second kappa shape index (κ2) is 5.52. The molecule has 5 heteroatoms. The van der Waals surface area contributed by atoms with Gasteiger partial charge in [0.15, 0.2) is 0 Å². The van der Waals surface area contributed by atoms with Crippen LogP contribution in [0.4, 0.5) is 0 Å². The lowest BCUT2D eigenvalue weighted by molar-refractivity contribution is 0.0523. The Morgan fingerprint density at radius 2 is 2.39 bits per heavy atom. The molecule has 0 aliphatic carbocycles. The van der Waals surface area contributed by atoms with Crippen molar-refractivity contribution in [2.75, 3.05) is 13.2 Å². The first kappa shape index (κ1) is 13.1. The lowest BCUT2D eigenvalue weighted by Crippen LogP contribution is -2.28. The maximum absolute atomic E-state index is 11.8. The van der Waals surface area contributed by atoms with Crippen LogP contribution in [-0.2, 0) is 18.3 Å². The van der Waals surface area contributed by atoms with Gasteiger partial charge in [-0.25, -0.2) is 4.79 Å². The van der Waals surface area contributed by atoms with Gasteiger partial charge in [-0.1, -0.05) is 0 Å². The summed E-state index contributed by atoms with van der Waals surface area (Å²) in [6.45, 7) is 6.30. The van der Waals surface area contributed by atoms with Gasteiger partial charge in [0.1, 0.15) is 5.56 Å². The zero-order chi connectivity index (χ0) is 13.1. The zero-order valence-electron chi connectivity index (χ0n) is 11.3. The molecule has 0 amide bonds. The van der Waals surface area contributed by atoms with Crippen molar-refractivity contribution >= 4 is 5.97 Å². The molecule has 0 saturated carbocycles. The molecule has 0 radical (unpaired) electrons. The minimum atomic E-state index is -0.271. The van der Waals surface area contributed by atoms with E-state index in [2.05, 4.69) is 16.9 Å². The number of esters is 1. The van der Waals surface area contributed by atoms with E-state index in [9.17, 15) is 4.79 Å². The largest absolute Gasteiger partial charge is 0.462 e. The SMILES string of the molecule is CCOC(=O)c1cnn(C)c1CN1CCCC1C. The first-order valence-electron chi connectivity index (χ1n) is 6.55. The Balaban J connectivity index is 2.16. The lowest BCUT2D eigenvalue weighted by atomic mass is 10.2. The zero-order valence-corrected chi connectivity index (χ0v) is 11.3. The molecular formula is C13H21N3O2. The topological polar surface area (TPSA) is 47.4 Å². The number of likely N-dealkylation sites (tertiary alicyclic amines) is 1. The molecule has 0 bridgehead atoms. The number of carbonyl (C=O) groups excluding carboxylic acids is 1. The van der Waals surface area contributed by atoms with Crippen LogP contribution in [0.25, 0.3) is 0 Å². The summed E-state index contributed by atoms with van der Waals surface area (Å²) < 4.78 is 6.84. The van der Waals surface area contributed by atoms with Crippen LogP contribution in [0, 0.1) is 0 Å². The molecule has 18 heavy (non-hydrogen) atoms. The molecule has 1 aliphatic heterocycles. The molecule has 5 nitrogen and oxygen atoms in total. The Kier molecular flexibility index (Phi) is 4.01. The van der Waals surface area contributed by atoms with Gasteiger partial charge in [0, 0.05) is 19.6 Å². The molecular weight excluding hydrogens is 230 g/mol. The van der Waals surface area contributed by atoms with Gasteiger partial charge in [0.2, 0.25) is 0 Å². The van der Waals surface area contributed by atoms with Crippen molar-refractivity contribution in [1.29, 1.82) is 0 Å². The van der Waals surface area contributed by atoms with Gasteiger partial charge in [0.05, 0.1) is 18.5 Å². The average molecular weight is 251 g/mol. The third-order valence-corrected chi connectivity index (χ3v) is 3.60. The van der Waals surface area contributed by atoms with Crippen molar-refractivity contribution in [2.24, 2.45) is 7.05 Å². The molecule has 1 saturated heterocycles. The summed E-state index contributed by atoms with van der Waals surface area (Å²) in [5.41, 5.74) is 1.54. The molecule has 100 valence electrons. The van der Waals surface area contributed by atoms with Crippen LogP contribution in [0.1, 0.15) is 42.7 Å². The molecule has 1 atom stereocenters. The standard InChI is InChI=1S/C13H21N3O2/c1-4-18-13(17)11-8-14-15(3)12(11)9-16-7-5-6-10(16)2/h8,10H,4-7,9H2,1-3H3. The Labute approximate surface area is 108 Å². The fourth-order valence-electron chi connectivity index (χ4n) is 2.45. The Morgan fingerprint density at radius 3 is 3.00 bits per heavy atom. The molecule has 1 aromatic rings. The molecule has 1 fully saturated rings. The first-order valence-corrected chi connectivity index (χ1v) is 6.55. The molecule has 1 aromatic heterocycles. The number of hydrogen-bond acceptors (Lipinski definition) is 4. The van der Waals surface area contributed by atoms with Gasteiger partial charge in [0.25, 0.3) is 0 Å². The molecule has 2 heterocycles. The maximum Gasteiger partial charge on any atom is 0.341 e. The number of aryl methyl sites for hydroxylation is 1. The van der Waals surface area contributed by atoms with Crippen LogP contribution >= 0.6 is 0 Å². The number of hydrogen-bond donors (Lipinski definition) is 0. The molecule has 1 aliphatic rings. The Morgan fingerprint density at radius 1 is 1.61 bits per heavy atom. The van der Waals surface area contributed by atoms with Gasteiger partial charge in [-0.2, -0.15) is 5.10 Å². The van der Waals surface area contributed by atoms with E-state index < -0.39 is 0 Å². The number of ether oxygens (including phenoxy) is 1. The predicted molar refractivity (Wildman–Crippen MR) is 68.3 cm³/mol. The van der Waals surface area contributed by atoms with Gasteiger partial charge in [-0.05, 0) is 33.2 Å². The van der Waals surface area contributed by atoms with Crippen molar-refractivity contribution < 1.29 is 9.53 Å². The summed E-state index contributed by atoms with van der Waals surface area (Å²) in [7, 11) is 1.87. The van der Waals surface area contributed by atoms with Crippen molar-refractivity contribution in [2.45, 2.75) is 39.3 Å². The van der Waals surface area contributed by atoms with E-state index in [4.69, 9.17) is 4.74 Å².